The summed E-state index contributed by atoms with van der Waals surface area (Å²) in [5.41, 5.74) is 3.88. The van der Waals surface area contributed by atoms with Gasteiger partial charge in [0.25, 0.3) is 12.6 Å². The summed E-state index contributed by atoms with van der Waals surface area (Å²) in [6.07, 6.45) is 2.44. The average Bonchev–Trinajstić information content (AvgIpc) is 2.82. The lowest BCUT2D eigenvalue weighted by molar-refractivity contribution is 0.0269. The molecule has 0 saturated heterocycles. The van der Waals surface area contributed by atoms with Crippen molar-refractivity contribution >= 4 is 24.9 Å². The van der Waals surface area contributed by atoms with Crippen molar-refractivity contribution in [1.29, 1.82) is 0 Å². The number of ether oxygens (including phenoxy) is 1. The van der Waals surface area contributed by atoms with Gasteiger partial charge in [-0.2, -0.15) is 5.48 Å². The van der Waals surface area contributed by atoms with Crippen LogP contribution in [0.25, 0.3) is 0 Å². The van der Waals surface area contributed by atoms with Crippen LogP contribution in [-0.2, 0) is 16.2 Å². The van der Waals surface area contributed by atoms with Gasteiger partial charge in [-0.05, 0) is 0 Å². The summed E-state index contributed by atoms with van der Waals surface area (Å²) >= 11 is 1.49. The molecule has 0 amide bonds. The first-order chi connectivity index (χ1) is 9.28. The fourth-order valence-corrected chi connectivity index (χ4v) is 2.81. The highest BCUT2D eigenvalue weighted by atomic mass is 32.1. The topological polar surface area (TPSA) is 63.7 Å². The predicted octanol–water partition coefficient (Wildman–Crippen LogP) is 0.525. The van der Waals surface area contributed by atoms with Gasteiger partial charge in [0, 0.05) is 13.1 Å². The summed E-state index contributed by atoms with van der Waals surface area (Å²) in [6, 6.07) is -0.0405. The maximum atomic E-state index is 10.6. The molecule has 1 aromatic heterocycles. The molecule has 1 aromatic rings. The molecule has 1 unspecified atom stereocenters. The lowest BCUT2D eigenvalue weighted by Gasteiger charge is -2.30. The normalized spacial score (nSPS) is 18.7. The number of hydrogen-bond acceptors (Lipinski definition) is 7. The number of hydrogen-bond donors (Lipinski definition) is 1. The van der Waals surface area contributed by atoms with E-state index in [9.17, 15) is 4.79 Å². The van der Waals surface area contributed by atoms with E-state index in [1.165, 1.54) is 18.8 Å². The van der Waals surface area contributed by atoms with Gasteiger partial charge in [-0.15, -0.1) is 6.58 Å². The van der Waals surface area contributed by atoms with Crippen LogP contribution in [0.1, 0.15) is 16.6 Å². The molecule has 1 radical (unpaired) electrons. The first-order valence-electron chi connectivity index (χ1n) is 5.83. The maximum Gasteiger partial charge on any atom is 0.293 e. The third kappa shape index (κ3) is 3.41. The molecule has 0 bridgehead atoms. The van der Waals surface area contributed by atoms with E-state index in [2.05, 4.69) is 17.0 Å². The minimum Gasteiger partial charge on any atom is -0.473 e. The van der Waals surface area contributed by atoms with Gasteiger partial charge in [-0.1, -0.05) is 17.4 Å². The van der Waals surface area contributed by atoms with E-state index >= 15 is 0 Å². The van der Waals surface area contributed by atoms with Crippen molar-refractivity contribution in [3.05, 3.63) is 23.2 Å². The Kier molecular flexibility index (Phi) is 5.09. The second-order valence-electron chi connectivity index (χ2n) is 3.98. The van der Waals surface area contributed by atoms with Gasteiger partial charge in [-0.25, -0.2) is 4.98 Å². The lowest BCUT2D eigenvalue weighted by atomic mass is 9.91. The van der Waals surface area contributed by atoms with Crippen molar-refractivity contribution in [2.75, 3.05) is 20.3 Å². The van der Waals surface area contributed by atoms with E-state index in [1.54, 1.807) is 13.2 Å². The molecule has 0 aromatic carbocycles. The zero-order valence-electron chi connectivity index (χ0n) is 10.7. The SMILES string of the molecule is C=CCONC1CN([B]C=O)Cc2nc(OC)sc21. The number of nitrogens with zero attached hydrogens (tertiary/aromatic N) is 2. The highest BCUT2D eigenvalue weighted by Crippen LogP contribution is 2.34. The molecule has 1 N–H and O–H groups in total. The zero-order chi connectivity index (χ0) is 13.7. The summed E-state index contributed by atoms with van der Waals surface area (Å²) in [5, 5.41) is 0.619. The smallest absolute Gasteiger partial charge is 0.293 e. The maximum absolute atomic E-state index is 10.6. The van der Waals surface area contributed by atoms with Gasteiger partial charge in [0.05, 0.1) is 36.5 Å². The van der Waals surface area contributed by atoms with Crippen LogP contribution in [0.4, 0.5) is 0 Å². The molecule has 0 aliphatic carbocycles. The standard InChI is InChI=1S/C11H15BN3O3S/c1-3-4-18-14-9-6-15(12-7-16)5-8-10(9)19-11(13-8)17-2/h3,7,9,14H,1,4-6H2,2H3. The highest BCUT2D eigenvalue weighted by molar-refractivity contribution is 7.13. The van der Waals surface area contributed by atoms with Crippen LogP contribution in [0.15, 0.2) is 12.7 Å². The van der Waals surface area contributed by atoms with E-state index in [-0.39, 0.29) is 6.04 Å². The van der Waals surface area contributed by atoms with Crippen LogP contribution >= 0.6 is 11.3 Å². The molecule has 0 saturated carbocycles. The summed E-state index contributed by atoms with van der Waals surface area (Å²) in [5.74, 6) is 0. The Bertz CT molecular complexity index is 454. The lowest BCUT2D eigenvalue weighted by Crippen LogP contribution is -2.41. The number of carbonyl (C=O) groups is 1. The van der Waals surface area contributed by atoms with Crippen molar-refractivity contribution < 1.29 is 14.4 Å². The summed E-state index contributed by atoms with van der Waals surface area (Å²) in [4.78, 5) is 23.3. The number of hydroxylamine groups is 1. The van der Waals surface area contributed by atoms with Crippen molar-refractivity contribution in [2.24, 2.45) is 0 Å². The van der Waals surface area contributed by atoms with Gasteiger partial charge in [-0.3, -0.25) is 4.84 Å². The largest absolute Gasteiger partial charge is 0.473 e. The van der Waals surface area contributed by atoms with E-state index in [0.717, 1.165) is 16.8 Å². The molecule has 8 heteroatoms. The quantitative estimate of drug-likeness (QED) is 0.258. The Morgan fingerprint density at radius 3 is 3.26 bits per heavy atom. The Morgan fingerprint density at radius 2 is 2.58 bits per heavy atom. The monoisotopic (exact) mass is 280 g/mol. The Labute approximate surface area is 116 Å². The molecule has 101 valence electrons. The fraction of sp³-hybridized carbons (Fsp3) is 0.455. The molecular weight excluding hydrogens is 265 g/mol. The second kappa shape index (κ2) is 6.81. The number of fused-ring (bicyclic) bond motifs is 1. The Hall–Kier alpha value is -1.22. The van der Waals surface area contributed by atoms with Crippen molar-refractivity contribution in [2.45, 2.75) is 12.6 Å². The van der Waals surface area contributed by atoms with Gasteiger partial charge in [0.15, 0.2) is 0 Å². The van der Waals surface area contributed by atoms with Crippen molar-refractivity contribution in [3.8, 4) is 5.19 Å². The van der Waals surface area contributed by atoms with Crippen LogP contribution in [-0.4, -0.2) is 43.7 Å². The Balaban J connectivity index is 2.13. The number of methoxy groups -OCH3 is 1. The first-order valence-corrected chi connectivity index (χ1v) is 6.64. The molecule has 19 heavy (non-hydrogen) atoms. The van der Waals surface area contributed by atoms with Gasteiger partial charge in [0.1, 0.15) is 0 Å². The molecule has 1 atom stereocenters. The van der Waals surface area contributed by atoms with Crippen LogP contribution in [0.2, 0.25) is 0 Å². The molecule has 1 aliphatic heterocycles. The van der Waals surface area contributed by atoms with E-state index in [0.29, 0.717) is 24.9 Å². The zero-order valence-corrected chi connectivity index (χ0v) is 11.5. The molecule has 0 fully saturated rings. The van der Waals surface area contributed by atoms with Gasteiger partial charge >= 0.3 is 0 Å². The molecule has 2 heterocycles. The molecule has 0 spiro atoms. The number of aromatic nitrogens is 1. The third-order valence-corrected chi connectivity index (χ3v) is 3.84. The van der Waals surface area contributed by atoms with Crippen molar-refractivity contribution in [1.82, 2.24) is 15.3 Å². The first kappa shape index (κ1) is 14.2. The van der Waals surface area contributed by atoms with Crippen LogP contribution < -0.4 is 10.2 Å². The van der Waals surface area contributed by atoms with Crippen LogP contribution in [0, 0.1) is 0 Å². The minimum atomic E-state index is -0.0405. The fourth-order valence-electron chi connectivity index (χ4n) is 1.89. The third-order valence-electron chi connectivity index (χ3n) is 2.67. The predicted molar refractivity (Wildman–Crippen MR) is 73.6 cm³/mol. The summed E-state index contributed by atoms with van der Waals surface area (Å²) in [6.45, 7) is 5.26. The highest BCUT2D eigenvalue weighted by Gasteiger charge is 2.29. The summed E-state index contributed by atoms with van der Waals surface area (Å²) in [7, 11) is 3.10. The van der Waals surface area contributed by atoms with Gasteiger partial charge < -0.3 is 14.3 Å². The van der Waals surface area contributed by atoms with Crippen LogP contribution in [0.3, 0.4) is 0 Å². The molecule has 1 aliphatic rings. The van der Waals surface area contributed by atoms with Crippen LogP contribution in [0.5, 0.6) is 5.19 Å². The van der Waals surface area contributed by atoms with E-state index in [4.69, 9.17) is 9.57 Å². The molecule has 2 rings (SSSR count). The molecular formula is C11H15BN3O3S. The molecule has 6 nitrogen and oxygen atoms in total. The number of carbonyl (C=O) groups excluding carboxylic acids is 1. The number of rotatable bonds is 7. The van der Waals surface area contributed by atoms with Crippen molar-refractivity contribution in [3.63, 3.8) is 0 Å². The van der Waals surface area contributed by atoms with E-state index < -0.39 is 0 Å². The summed E-state index contributed by atoms with van der Waals surface area (Å²) < 4.78 is 5.16. The van der Waals surface area contributed by atoms with E-state index in [1.807, 2.05) is 4.81 Å². The van der Waals surface area contributed by atoms with Gasteiger partial charge in [0.2, 0.25) is 0 Å². The average molecular weight is 280 g/mol. The minimum absolute atomic E-state index is 0.0405. The number of thiazole rings is 1. The number of nitrogens with one attached hydrogen (secondary N) is 1. The second-order valence-corrected chi connectivity index (χ2v) is 4.97. The Morgan fingerprint density at radius 1 is 1.74 bits per heavy atom.